The average Bonchev–Trinajstić information content (AvgIpc) is 2.56. The maximum absolute atomic E-state index is 12.6. The minimum atomic E-state index is -1.82. The van der Waals surface area contributed by atoms with Gasteiger partial charge in [0.15, 0.2) is 14.1 Å². The van der Waals surface area contributed by atoms with E-state index in [1.165, 1.54) is 0 Å². The molecule has 1 aromatic carbocycles. The molecule has 164 valence electrons. The first-order valence-electron chi connectivity index (χ1n) is 10.1. The molecule has 7 heteroatoms. The maximum Gasteiger partial charge on any atom is 0.407 e. The van der Waals surface area contributed by atoms with Crippen molar-refractivity contribution in [2.45, 2.75) is 71.7 Å². The molecule has 0 aliphatic carbocycles. The quantitative estimate of drug-likeness (QED) is 0.336. The van der Waals surface area contributed by atoms with E-state index in [4.69, 9.17) is 13.9 Å². The largest absolute Gasteiger partial charge is 0.490 e. The summed E-state index contributed by atoms with van der Waals surface area (Å²) in [6.45, 7) is 17.4. The van der Waals surface area contributed by atoms with Crippen LogP contribution in [-0.4, -0.2) is 45.6 Å². The second-order valence-corrected chi connectivity index (χ2v) is 14.4. The van der Waals surface area contributed by atoms with Gasteiger partial charge < -0.3 is 19.2 Å². The van der Waals surface area contributed by atoms with Crippen LogP contribution in [0.4, 0.5) is 4.79 Å². The zero-order valence-corrected chi connectivity index (χ0v) is 20.2. The van der Waals surface area contributed by atoms with E-state index in [0.29, 0.717) is 24.5 Å². The zero-order valence-electron chi connectivity index (χ0n) is 19.2. The number of nitrogens with one attached hydrogen (secondary N) is 1. The second-order valence-electron chi connectivity index (χ2n) is 9.56. The Hall–Kier alpha value is -1.86. The third kappa shape index (κ3) is 9.00. The number of alkyl carbamates (subject to hydrolysis) is 1. The van der Waals surface area contributed by atoms with E-state index in [0.717, 1.165) is 0 Å². The van der Waals surface area contributed by atoms with Crippen LogP contribution in [0.1, 0.15) is 58.3 Å². The summed E-state index contributed by atoms with van der Waals surface area (Å²) in [6.07, 6.45) is -0.363. The summed E-state index contributed by atoms with van der Waals surface area (Å²) in [7, 11) is -1.82. The fourth-order valence-electron chi connectivity index (χ4n) is 2.21. The van der Waals surface area contributed by atoms with E-state index in [1.54, 1.807) is 39.0 Å². The molecule has 0 saturated heterocycles. The van der Waals surface area contributed by atoms with Gasteiger partial charge in [0, 0.05) is 13.0 Å². The first-order chi connectivity index (χ1) is 13.2. The molecule has 0 fully saturated rings. The van der Waals surface area contributed by atoms with Gasteiger partial charge in [0.2, 0.25) is 0 Å². The van der Waals surface area contributed by atoms with Gasteiger partial charge in [0.05, 0.1) is 12.2 Å². The molecule has 0 spiro atoms. The van der Waals surface area contributed by atoms with Crippen molar-refractivity contribution in [2.24, 2.45) is 0 Å². The average molecular weight is 424 g/mol. The van der Waals surface area contributed by atoms with Crippen molar-refractivity contribution in [3.63, 3.8) is 0 Å². The molecular weight excluding hydrogens is 386 g/mol. The fraction of sp³-hybridized carbons (Fsp3) is 0.636. The molecule has 0 bridgehead atoms. The summed E-state index contributed by atoms with van der Waals surface area (Å²) in [5, 5.41) is 2.75. The zero-order chi connectivity index (χ0) is 22.3. The lowest BCUT2D eigenvalue weighted by atomic mass is 10.1. The van der Waals surface area contributed by atoms with Gasteiger partial charge in [-0.25, -0.2) is 4.79 Å². The van der Waals surface area contributed by atoms with Gasteiger partial charge in [-0.1, -0.05) is 32.9 Å². The van der Waals surface area contributed by atoms with Crippen LogP contribution in [0.25, 0.3) is 0 Å². The van der Waals surface area contributed by atoms with Crippen LogP contribution in [0, 0.1) is 0 Å². The van der Waals surface area contributed by atoms with Gasteiger partial charge in [-0.2, -0.15) is 0 Å². The molecule has 29 heavy (non-hydrogen) atoms. The van der Waals surface area contributed by atoms with Crippen molar-refractivity contribution < 1.29 is 23.5 Å². The highest BCUT2D eigenvalue weighted by atomic mass is 28.4. The van der Waals surface area contributed by atoms with Crippen LogP contribution in [0.15, 0.2) is 24.3 Å². The predicted octanol–water partition coefficient (Wildman–Crippen LogP) is 5.18. The Morgan fingerprint density at radius 3 is 2.21 bits per heavy atom. The first kappa shape index (κ1) is 25.2. The summed E-state index contributed by atoms with van der Waals surface area (Å²) >= 11 is 0. The normalized spacial score (nSPS) is 12.4. The highest BCUT2D eigenvalue weighted by Gasteiger charge is 2.36. The molecule has 1 amide bonds. The smallest absolute Gasteiger partial charge is 0.407 e. The number of carbonyl (C=O) groups is 2. The number of hydrogen-bond donors (Lipinski definition) is 1. The van der Waals surface area contributed by atoms with Crippen LogP contribution in [0.3, 0.4) is 0 Å². The molecule has 0 aliphatic rings. The molecule has 0 heterocycles. The van der Waals surface area contributed by atoms with Crippen LogP contribution >= 0.6 is 0 Å². The van der Waals surface area contributed by atoms with Crippen LogP contribution in [0.2, 0.25) is 18.1 Å². The molecular formula is C22H37NO5Si. The number of carbonyl (C=O) groups excluding carboxylic acids is 2. The number of amides is 1. The second kappa shape index (κ2) is 10.3. The van der Waals surface area contributed by atoms with E-state index < -0.39 is 20.0 Å². The molecule has 0 saturated carbocycles. The Kier molecular flexibility index (Phi) is 8.90. The molecule has 0 aliphatic heterocycles. The number of rotatable bonds is 9. The Morgan fingerprint density at radius 2 is 1.62 bits per heavy atom. The van der Waals surface area contributed by atoms with E-state index in [9.17, 15) is 9.59 Å². The van der Waals surface area contributed by atoms with Crippen molar-refractivity contribution >= 4 is 20.2 Å². The van der Waals surface area contributed by atoms with Gasteiger partial charge in [0.1, 0.15) is 18.0 Å². The highest BCUT2D eigenvalue weighted by Crippen LogP contribution is 2.36. The number of para-hydroxylation sites is 1. The van der Waals surface area contributed by atoms with Crippen LogP contribution in [0.5, 0.6) is 5.75 Å². The summed E-state index contributed by atoms with van der Waals surface area (Å²) in [4.78, 5) is 24.2. The van der Waals surface area contributed by atoms with E-state index >= 15 is 0 Å². The SMILES string of the molecule is CC(C)(C)OC(=O)NCCC(=O)c1ccccc1OCCO[Si](C)(C)C(C)(C)C. The summed E-state index contributed by atoms with van der Waals surface area (Å²) in [6, 6.07) is 7.15. The van der Waals surface area contributed by atoms with Crippen molar-refractivity contribution in [1.82, 2.24) is 5.32 Å². The molecule has 1 aromatic rings. The van der Waals surface area contributed by atoms with E-state index in [2.05, 4.69) is 39.2 Å². The number of Topliss-reactive ketones (excluding diaryl/α,β-unsaturated/α-hetero) is 1. The summed E-state index contributed by atoms with van der Waals surface area (Å²) < 4.78 is 17.1. The number of benzene rings is 1. The van der Waals surface area contributed by atoms with Gasteiger partial charge >= 0.3 is 6.09 Å². The van der Waals surface area contributed by atoms with Gasteiger partial charge in [-0.05, 0) is 51.0 Å². The monoisotopic (exact) mass is 423 g/mol. The Morgan fingerprint density at radius 1 is 1.00 bits per heavy atom. The van der Waals surface area contributed by atoms with E-state index in [1.807, 2.05) is 6.07 Å². The Bertz CT molecular complexity index is 689. The lowest BCUT2D eigenvalue weighted by Crippen LogP contribution is -2.41. The van der Waals surface area contributed by atoms with Gasteiger partial charge in [-0.15, -0.1) is 0 Å². The molecule has 0 unspecified atom stereocenters. The minimum absolute atomic E-state index is 0.0954. The number of ether oxygens (including phenoxy) is 2. The molecule has 6 nitrogen and oxygen atoms in total. The number of ketones is 1. The summed E-state index contributed by atoms with van der Waals surface area (Å²) in [5.74, 6) is 0.440. The van der Waals surface area contributed by atoms with Crippen LogP contribution < -0.4 is 10.1 Å². The third-order valence-corrected chi connectivity index (χ3v) is 9.36. The van der Waals surface area contributed by atoms with Gasteiger partial charge in [0.25, 0.3) is 0 Å². The topological polar surface area (TPSA) is 73.9 Å². The minimum Gasteiger partial charge on any atom is -0.490 e. The molecule has 0 atom stereocenters. The third-order valence-electron chi connectivity index (χ3n) is 4.82. The van der Waals surface area contributed by atoms with Gasteiger partial charge in [-0.3, -0.25) is 4.79 Å². The standard InChI is InChI=1S/C22H37NO5Si/c1-21(2,3)28-20(25)23-14-13-18(24)17-11-9-10-12-19(17)26-15-16-27-29(7,8)22(4,5)6/h9-12H,13-16H2,1-8H3,(H,23,25). The molecule has 0 radical (unpaired) electrons. The number of hydrogen-bond acceptors (Lipinski definition) is 5. The van der Waals surface area contributed by atoms with Crippen molar-refractivity contribution in [3.05, 3.63) is 29.8 Å². The molecule has 0 aromatic heterocycles. The highest BCUT2D eigenvalue weighted by molar-refractivity contribution is 6.74. The van der Waals surface area contributed by atoms with Crippen molar-refractivity contribution in [2.75, 3.05) is 19.8 Å². The maximum atomic E-state index is 12.6. The first-order valence-corrected chi connectivity index (χ1v) is 13.0. The predicted molar refractivity (Wildman–Crippen MR) is 118 cm³/mol. The van der Waals surface area contributed by atoms with Crippen LogP contribution in [-0.2, 0) is 9.16 Å². The Labute approximate surface area is 176 Å². The van der Waals surface area contributed by atoms with Crippen molar-refractivity contribution in [3.8, 4) is 5.75 Å². The molecule has 1 rings (SSSR count). The van der Waals surface area contributed by atoms with Crippen molar-refractivity contribution in [1.29, 1.82) is 0 Å². The Balaban J connectivity index is 2.54. The lowest BCUT2D eigenvalue weighted by molar-refractivity contribution is 0.0527. The summed E-state index contributed by atoms with van der Waals surface area (Å²) in [5.41, 5.74) is -0.0631. The van der Waals surface area contributed by atoms with E-state index in [-0.39, 0.29) is 23.8 Å². The molecule has 1 N–H and O–H groups in total. The lowest BCUT2D eigenvalue weighted by Gasteiger charge is -2.36. The fourth-order valence-corrected chi connectivity index (χ4v) is 3.24.